The minimum Gasteiger partial charge on any atom is -0.461 e. The van der Waals surface area contributed by atoms with Crippen molar-refractivity contribution < 1.29 is 22.7 Å². The van der Waals surface area contributed by atoms with E-state index in [4.69, 9.17) is 4.74 Å². The van der Waals surface area contributed by atoms with E-state index in [1.807, 2.05) is 27.7 Å². The zero-order valence-corrected chi connectivity index (χ0v) is 23.2. The number of anilines is 1. The molecular weight excluding hydrogens is 522 g/mol. The van der Waals surface area contributed by atoms with Crippen LogP contribution in [0.2, 0.25) is 0 Å². The molecule has 1 aromatic carbocycles. The van der Waals surface area contributed by atoms with Crippen LogP contribution in [0.3, 0.4) is 0 Å². The van der Waals surface area contributed by atoms with Crippen molar-refractivity contribution in [2.45, 2.75) is 57.0 Å². The Labute approximate surface area is 218 Å². The first kappa shape index (κ1) is 27.8. The number of carbonyl (C=O) groups excluding carboxylic acids is 2. The van der Waals surface area contributed by atoms with E-state index >= 15 is 0 Å². The van der Waals surface area contributed by atoms with Gasteiger partial charge < -0.3 is 14.6 Å². The second-order valence-electron chi connectivity index (χ2n) is 8.48. The normalized spacial score (nSPS) is 11.6. The van der Waals surface area contributed by atoms with Gasteiger partial charge in [0.15, 0.2) is 20.1 Å². The number of nitrogens with zero attached hydrogens (tertiary/aromatic N) is 4. The maximum absolute atomic E-state index is 12.8. The molecule has 0 aliphatic heterocycles. The number of aryl methyl sites for hydroxylation is 2. The standard InChI is InChI=1S/C23H29N5O5S3/c1-6-28-18(13-36(31,32)17-9-7-15(4)8-10-17)26-27-23(28)34-12-19(29)25-22-24-16(5)20(35-22)21(30)33-11-14(2)3/h7-10,14H,6,11-13H2,1-5H3,(H,24,25,29). The summed E-state index contributed by atoms with van der Waals surface area (Å²) in [6.45, 7) is 10.1. The topological polar surface area (TPSA) is 133 Å². The molecule has 2 aromatic heterocycles. The first-order chi connectivity index (χ1) is 17.0. The minimum absolute atomic E-state index is 0.00853. The van der Waals surface area contributed by atoms with Gasteiger partial charge in [0.2, 0.25) is 5.91 Å². The van der Waals surface area contributed by atoms with Crippen LogP contribution in [-0.4, -0.2) is 52.4 Å². The minimum atomic E-state index is -3.60. The lowest BCUT2D eigenvalue weighted by Gasteiger charge is -2.08. The highest BCUT2D eigenvalue weighted by atomic mass is 32.2. The summed E-state index contributed by atoms with van der Waals surface area (Å²) < 4.78 is 32.6. The van der Waals surface area contributed by atoms with Crippen LogP contribution < -0.4 is 5.32 Å². The highest BCUT2D eigenvalue weighted by Crippen LogP contribution is 2.25. The number of benzene rings is 1. The number of sulfone groups is 1. The molecule has 2 heterocycles. The Bertz CT molecular complexity index is 1330. The Kier molecular flexibility index (Phi) is 9.25. The smallest absolute Gasteiger partial charge is 0.350 e. The van der Waals surface area contributed by atoms with Crippen LogP contribution >= 0.6 is 23.1 Å². The van der Waals surface area contributed by atoms with E-state index in [0.717, 1.165) is 28.7 Å². The average Bonchev–Trinajstić information content (AvgIpc) is 3.37. The number of thiazole rings is 1. The molecule has 0 aliphatic rings. The van der Waals surface area contributed by atoms with Crippen molar-refractivity contribution in [3.8, 4) is 0 Å². The predicted octanol–water partition coefficient (Wildman–Crippen LogP) is 3.89. The van der Waals surface area contributed by atoms with Crippen LogP contribution in [-0.2, 0) is 31.7 Å². The van der Waals surface area contributed by atoms with Gasteiger partial charge in [-0.1, -0.05) is 54.6 Å². The molecule has 0 radical (unpaired) electrons. The maximum Gasteiger partial charge on any atom is 0.350 e. The predicted molar refractivity (Wildman–Crippen MR) is 139 cm³/mol. The summed E-state index contributed by atoms with van der Waals surface area (Å²) in [5.74, 6) is -0.562. The molecular formula is C23H29N5O5S3. The average molecular weight is 552 g/mol. The lowest BCUT2D eigenvalue weighted by molar-refractivity contribution is -0.113. The molecule has 194 valence electrons. The summed E-state index contributed by atoms with van der Waals surface area (Å²) in [4.78, 5) is 29.5. The van der Waals surface area contributed by atoms with E-state index in [0.29, 0.717) is 39.8 Å². The Balaban J connectivity index is 1.62. The van der Waals surface area contributed by atoms with Crippen LogP contribution in [0, 0.1) is 19.8 Å². The lowest BCUT2D eigenvalue weighted by atomic mass is 10.2. The van der Waals surface area contributed by atoms with Crippen molar-refractivity contribution in [3.05, 3.63) is 46.2 Å². The monoisotopic (exact) mass is 551 g/mol. The van der Waals surface area contributed by atoms with E-state index in [-0.39, 0.29) is 28.2 Å². The molecule has 0 saturated carbocycles. The molecule has 0 saturated heterocycles. The van der Waals surface area contributed by atoms with E-state index in [1.165, 1.54) is 0 Å². The van der Waals surface area contributed by atoms with Gasteiger partial charge in [-0.15, -0.1) is 10.2 Å². The molecule has 3 rings (SSSR count). The quantitative estimate of drug-likeness (QED) is 0.278. The molecule has 0 aliphatic carbocycles. The van der Waals surface area contributed by atoms with Gasteiger partial charge in [-0.2, -0.15) is 0 Å². The summed E-state index contributed by atoms with van der Waals surface area (Å²) in [5, 5.41) is 11.6. The van der Waals surface area contributed by atoms with Crippen LogP contribution in [0.5, 0.6) is 0 Å². The highest BCUT2D eigenvalue weighted by Gasteiger charge is 2.22. The number of rotatable bonds is 11. The number of ether oxygens (including phenoxy) is 1. The summed E-state index contributed by atoms with van der Waals surface area (Å²) in [6.07, 6.45) is 0. The Hall–Kier alpha value is -2.77. The molecule has 0 spiro atoms. The number of hydrogen-bond acceptors (Lipinski definition) is 10. The molecule has 10 nitrogen and oxygen atoms in total. The molecule has 1 N–H and O–H groups in total. The van der Waals surface area contributed by atoms with Gasteiger partial charge in [-0.05, 0) is 38.8 Å². The largest absolute Gasteiger partial charge is 0.461 e. The van der Waals surface area contributed by atoms with Crippen LogP contribution in [0.15, 0.2) is 34.3 Å². The second-order valence-corrected chi connectivity index (χ2v) is 12.4. The second kappa shape index (κ2) is 12.0. The number of esters is 1. The summed E-state index contributed by atoms with van der Waals surface area (Å²) in [5.41, 5.74) is 1.46. The third-order valence-electron chi connectivity index (χ3n) is 4.92. The van der Waals surface area contributed by atoms with Gasteiger partial charge in [0.05, 0.1) is 22.9 Å². The van der Waals surface area contributed by atoms with Crippen molar-refractivity contribution >= 4 is 49.9 Å². The van der Waals surface area contributed by atoms with Crippen molar-refractivity contribution in [1.29, 1.82) is 0 Å². The molecule has 36 heavy (non-hydrogen) atoms. The summed E-state index contributed by atoms with van der Waals surface area (Å²) >= 11 is 2.20. The molecule has 0 atom stereocenters. The fourth-order valence-corrected chi connectivity index (χ4v) is 6.05. The fourth-order valence-electron chi connectivity index (χ4n) is 3.08. The number of aromatic nitrogens is 4. The first-order valence-corrected chi connectivity index (χ1v) is 14.7. The summed E-state index contributed by atoms with van der Waals surface area (Å²) in [6, 6.07) is 6.65. The van der Waals surface area contributed by atoms with Gasteiger partial charge in [0.1, 0.15) is 16.5 Å². The van der Waals surface area contributed by atoms with Gasteiger partial charge >= 0.3 is 5.97 Å². The SMILES string of the molecule is CCn1c(CS(=O)(=O)c2ccc(C)cc2)nnc1SCC(=O)Nc1nc(C)c(C(=O)OCC(C)C)s1. The van der Waals surface area contributed by atoms with E-state index in [2.05, 4.69) is 20.5 Å². The molecule has 0 fully saturated rings. The fraction of sp³-hybridized carbons (Fsp3) is 0.435. The molecule has 3 aromatic rings. The van der Waals surface area contributed by atoms with Crippen molar-refractivity contribution in [1.82, 2.24) is 19.7 Å². The highest BCUT2D eigenvalue weighted by molar-refractivity contribution is 7.99. The van der Waals surface area contributed by atoms with Gasteiger partial charge in [-0.3, -0.25) is 4.79 Å². The van der Waals surface area contributed by atoms with Gasteiger partial charge in [0, 0.05) is 6.54 Å². The van der Waals surface area contributed by atoms with Gasteiger partial charge in [-0.25, -0.2) is 18.2 Å². The van der Waals surface area contributed by atoms with Crippen LogP contribution in [0.1, 0.15) is 47.5 Å². The Morgan fingerprint density at radius 1 is 1.17 bits per heavy atom. The Morgan fingerprint density at radius 3 is 2.50 bits per heavy atom. The molecule has 13 heteroatoms. The third-order valence-corrected chi connectivity index (χ3v) is 8.57. The molecule has 0 unspecified atom stereocenters. The van der Waals surface area contributed by atoms with E-state index < -0.39 is 15.8 Å². The maximum atomic E-state index is 12.8. The Morgan fingerprint density at radius 2 is 1.86 bits per heavy atom. The van der Waals surface area contributed by atoms with E-state index in [9.17, 15) is 18.0 Å². The zero-order valence-electron chi connectivity index (χ0n) is 20.8. The summed E-state index contributed by atoms with van der Waals surface area (Å²) in [7, 11) is -3.60. The van der Waals surface area contributed by atoms with Crippen molar-refractivity contribution in [2.24, 2.45) is 5.92 Å². The number of hydrogen-bond donors (Lipinski definition) is 1. The zero-order chi connectivity index (χ0) is 26.5. The van der Waals surface area contributed by atoms with Crippen molar-refractivity contribution in [2.75, 3.05) is 17.7 Å². The number of amides is 1. The number of carbonyl (C=O) groups is 2. The van der Waals surface area contributed by atoms with Crippen molar-refractivity contribution in [3.63, 3.8) is 0 Å². The van der Waals surface area contributed by atoms with Gasteiger partial charge in [0.25, 0.3) is 0 Å². The first-order valence-electron chi connectivity index (χ1n) is 11.3. The van der Waals surface area contributed by atoms with E-state index in [1.54, 1.807) is 35.8 Å². The van der Waals surface area contributed by atoms with Crippen LogP contribution in [0.25, 0.3) is 0 Å². The number of thioether (sulfide) groups is 1. The van der Waals surface area contributed by atoms with Crippen LogP contribution in [0.4, 0.5) is 5.13 Å². The molecule has 0 bridgehead atoms. The number of nitrogens with one attached hydrogen (secondary N) is 1. The lowest BCUT2D eigenvalue weighted by Crippen LogP contribution is -2.15. The molecule has 1 amide bonds. The third kappa shape index (κ3) is 7.14.